The molecule has 0 aliphatic heterocycles. The van der Waals surface area contributed by atoms with Crippen LogP contribution in [0.1, 0.15) is 0 Å². The average Bonchev–Trinajstić information content (AvgIpc) is 2.88. The molecular weight excluding hydrogens is 396 g/mol. The Morgan fingerprint density at radius 2 is 1.80 bits per heavy atom. The number of rotatable bonds is 5. The Morgan fingerprint density at radius 3 is 2.32 bits per heavy atom. The van der Waals surface area contributed by atoms with E-state index < -0.39 is 30.9 Å². The van der Waals surface area contributed by atoms with E-state index in [1.165, 1.54) is 24.3 Å². The highest BCUT2D eigenvalue weighted by Crippen LogP contribution is 2.37. The molecule has 138 valence electrons. The second-order valence-corrected chi connectivity index (χ2v) is 6.48. The van der Waals surface area contributed by atoms with E-state index in [2.05, 4.69) is 4.74 Å². The molecule has 2 aromatic rings. The van der Waals surface area contributed by atoms with Crippen molar-refractivity contribution >= 4 is 33.6 Å². The van der Waals surface area contributed by atoms with E-state index in [1.54, 1.807) is 0 Å². The minimum Gasteiger partial charge on any atom is -0.406 e. The Balaban J connectivity index is 2.37. The van der Waals surface area contributed by atoms with Crippen LogP contribution in [0.2, 0.25) is 4.34 Å². The zero-order valence-corrected chi connectivity index (χ0v) is 13.7. The molecule has 0 bridgehead atoms. The maximum Gasteiger partial charge on any atom is 0.573 e. The highest BCUT2D eigenvalue weighted by molar-refractivity contribution is 7.20. The van der Waals surface area contributed by atoms with E-state index in [1.807, 2.05) is 0 Å². The number of alkyl halides is 6. The second-order valence-electron chi connectivity index (χ2n) is 4.79. The van der Waals surface area contributed by atoms with Crippen LogP contribution in [0.4, 0.5) is 37.0 Å². The summed E-state index contributed by atoms with van der Waals surface area (Å²) in [4.78, 5) is 1.01. The molecule has 25 heavy (non-hydrogen) atoms. The van der Waals surface area contributed by atoms with E-state index in [0.717, 1.165) is 28.4 Å². The molecule has 0 spiro atoms. The predicted octanol–water partition coefficient (Wildman–Crippen LogP) is 5.36. The molecule has 11 heteroatoms. The van der Waals surface area contributed by atoms with Gasteiger partial charge < -0.3 is 14.7 Å². The molecule has 0 aliphatic rings. The number of hydrogen-bond donors (Lipinski definition) is 1. The van der Waals surface area contributed by atoms with Crippen molar-refractivity contribution in [2.24, 2.45) is 0 Å². The normalized spacial score (nSPS) is 13.6. The zero-order valence-electron chi connectivity index (χ0n) is 12.1. The van der Waals surface area contributed by atoms with Crippen LogP contribution < -0.4 is 9.64 Å². The van der Waals surface area contributed by atoms with Gasteiger partial charge in [0, 0.05) is 11.8 Å². The van der Waals surface area contributed by atoms with Gasteiger partial charge in [-0.25, -0.2) is 0 Å². The Hall–Kier alpha value is -1.65. The van der Waals surface area contributed by atoms with Crippen molar-refractivity contribution in [3.63, 3.8) is 0 Å². The summed E-state index contributed by atoms with van der Waals surface area (Å²) in [6.45, 7) is -0.921. The number of aliphatic hydroxyl groups is 1. The Kier molecular flexibility index (Phi) is 5.75. The van der Waals surface area contributed by atoms with Crippen molar-refractivity contribution < 1.29 is 36.2 Å². The summed E-state index contributed by atoms with van der Waals surface area (Å²) >= 11 is 6.68. The van der Waals surface area contributed by atoms with Crippen LogP contribution in [0.3, 0.4) is 0 Å². The fraction of sp³-hybridized carbons (Fsp3) is 0.286. The highest BCUT2D eigenvalue weighted by atomic mass is 35.5. The van der Waals surface area contributed by atoms with Crippen LogP contribution in [0.5, 0.6) is 5.75 Å². The van der Waals surface area contributed by atoms with E-state index in [-0.39, 0.29) is 15.0 Å². The molecule has 0 saturated carbocycles. The van der Waals surface area contributed by atoms with E-state index in [9.17, 15) is 31.4 Å². The minimum absolute atomic E-state index is 0.0245. The summed E-state index contributed by atoms with van der Waals surface area (Å²) in [6, 6.07) is 7.23. The van der Waals surface area contributed by atoms with E-state index in [4.69, 9.17) is 11.6 Å². The van der Waals surface area contributed by atoms with Crippen molar-refractivity contribution in [2.75, 3.05) is 11.4 Å². The van der Waals surface area contributed by atoms with Crippen LogP contribution in [-0.4, -0.2) is 30.3 Å². The van der Waals surface area contributed by atoms with Gasteiger partial charge in [-0.05, 0) is 24.3 Å². The summed E-state index contributed by atoms with van der Waals surface area (Å²) in [7, 11) is 0. The Labute approximate surface area is 147 Å². The van der Waals surface area contributed by atoms with Crippen molar-refractivity contribution in [1.29, 1.82) is 0 Å². The SMILES string of the molecule is OC(CN(c1cccc(OC(F)(F)F)c1)c1ccc(Cl)s1)C(F)(F)F. The molecule has 1 aromatic heterocycles. The van der Waals surface area contributed by atoms with Crippen molar-refractivity contribution in [3.8, 4) is 5.75 Å². The van der Waals surface area contributed by atoms with Crippen LogP contribution in [0.25, 0.3) is 0 Å². The first kappa shape index (κ1) is 19.7. The summed E-state index contributed by atoms with van der Waals surface area (Å²) in [5.41, 5.74) is -0.0245. The molecule has 1 atom stereocenters. The fourth-order valence-corrected chi connectivity index (χ4v) is 2.96. The number of aliphatic hydroxyl groups excluding tert-OH is 1. The Morgan fingerprint density at radius 1 is 1.12 bits per heavy atom. The van der Waals surface area contributed by atoms with Gasteiger partial charge in [0.1, 0.15) is 5.75 Å². The van der Waals surface area contributed by atoms with Gasteiger partial charge in [0.05, 0.1) is 15.9 Å². The number of anilines is 2. The summed E-state index contributed by atoms with van der Waals surface area (Å²) < 4.78 is 79.0. The first-order valence-corrected chi connectivity index (χ1v) is 7.78. The number of halogens is 7. The van der Waals surface area contributed by atoms with E-state index >= 15 is 0 Å². The van der Waals surface area contributed by atoms with Gasteiger partial charge in [-0.2, -0.15) is 13.2 Å². The van der Waals surface area contributed by atoms with Gasteiger partial charge in [-0.3, -0.25) is 0 Å². The third-order valence-corrected chi connectivity index (χ3v) is 4.18. The fourth-order valence-electron chi connectivity index (χ4n) is 1.90. The quantitative estimate of drug-likeness (QED) is 0.680. The highest BCUT2D eigenvalue weighted by Gasteiger charge is 2.40. The predicted molar refractivity (Wildman–Crippen MR) is 81.5 cm³/mol. The van der Waals surface area contributed by atoms with Gasteiger partial charge in [0.25, 0.3) is 0 Å². The van der Waals surface area contributed by atoms with E-state index in [0.29, 0.717) is 0 Å². The van der Waals surface area contributed by atoms with Crippen LogP contribution >= 0.6 is 22.9 Å². The zero-order chi connectivity index (χ0) is 18.8. The molecule has 0 radical (unpaired) electrons. The lowest BCUT2D eigenvalue weighted by Gasteiger charge is -2.27. The number of nitrogens with zero attached hydrogens (tertiary/aromatic N) is 1. The van der Waals surface area contributed by atoms with Gasteiger partial charge in [0.2, 0.25) is 0 Å². The molecule has 2 rings (SSSR count). The van der Waals surface area contributed by atoms with Crippen LogP contribution in [0.15, 0.2) is 36.4 Å². The molecule has 1 heterocycles. The van der Waals surface area contributed by atoms with Crippen molar-refractivity contribution in [1.82, 2.24) is 0 Å². The molecule has 1 aromatic carbocycles. The summed E-state index contributed by atoms with van der Waals surface area (Å²) in [6.07, 6.45) is -12.5. The molecule has 0 amide bonds. The van der Waals surface area contributed by atoms with Gasteiger partial charge in [0.15, 0.2) is 6.10 Å². The molecule has 0 fully saturated rings. The lowest BCUT2D eigenvalue weighted by molar-refractivity contribution is -0.274. The lowest BCUT2D eigenvalue weighted by Crippen LogP contribution is -2.39. The molecule has 0 aliphatic carbocycles. The van der Waals surface area contributed by atoms with Crippen molar-refractivity contribution in [2.45, 2.75) is 18.6 Å². The van der Waals surface area contributed by atoms with Crippen molar-refractivity contribution in [3.05, 3.63) is 40.7 Å². The average molecular weight is 406 g/mol. The number of hydrogen-bond acceptors (Lipinski definition) is 4. The third kappa shape index (κ3) is 5.68. The molecular formula is C14H10ClF6NO2S. The third-order valence-electron chi connectivity index (χ3n) is 2.92. The molecule has 1 N–H and O–H groups in total. The largest absolute Gasteiger partial charge is 0.573 e. The Bertz CT molecular complexity index is 718. The summed E-state index contributed by atoms with van der Waals surface area (Å²) in [5.74, 6) is -0.598. The monoisotopic (exact) mass is 405 g/mol. The summed E-state index contributed by atoms with van der Waals surface area (Å²) in [5, 5.41) is 9.55. The number of benzene rings is 1. The minimum atomic E-state index is -4.94. The van der Waals surface area contributed by atoms with Crippen LogP contribution in [-0.2, 0) is 0 Å². The molecule has 3 nitrogen and oxygen atoms in total. The standard InChI is InChI=1S/C14H10ClF6NO2S/c15-11-4-5-12(25-11)22(7-10(23)13(16,17)18)8-2-1-3-9(6-8)24-14(19,20)21/h1-6,10,23H,7H2. The van der Waals surface area contributed by atoms with Gasteiger partial charge in [-0.15, -0.1) is 24.5 Å². The molecule has 1 unspecified atom stereocenters. The smallest absolute Gasteiger partial charge is 0.406 e. The second kappa shape index (κ2) is 7.30. The first-order valence-electron chi connectivity index (χ1n) is 6.59. The van der Waals surface area contributed by atoms with Crippen LogP contribution in [0, 0.1) is 0 Å². The maximum atomic E-state index is 12.7. The topological polar surface area (TPSA) is 32.7 Å². The first-order chi connectivity index (χ1) is 11.5. The number of ether oxygens (including phenoxy) is 1. The van der Waals surface area contributed by atoms with Gasteiger partial charge >= 0.3 is 12.5 Å². The number of thiophene rings is 1. The maximum absolute atomic E-state index is 12.7. The molecule has 0 saturated heterocycles. The van der Waals surface area contributed by atoms with Gasteiger partial charge in [-0.1, -0.05) is 17.7 Å². The lowest BCUT2D eigenvalue weighted by atomic mass is 10.2.